The van der Waals surface area contributed by atoms with Crippen molar-refractivity contribution in [3.05, 3.63) is 57.2 Å². The smallest absolute Gasteiger partial charge is 0.224 e. The Balaban J connectivity index is 1.37. The van der Waals surface area contributed by atoms with Crippen LogP contribution in [0.1, 0.15) is 31.7 Å². The number of benzene rings is 1. The molecule has 3 heterocycles. The molecule has 1 saturated heterocycles. The van der Waals surface area contributed by atoms with Gasteiger partial charge in [0, 0.05) is 62.1 Å². The molecule has 3 aliphatic rings. The quantitative estimate of drug-likeness (QED) is 0.536. The third-order valence-corrected chi connectivity index (χ3v) is 7.56. The molecule has 172 valence electrons. The number of halogens is 1. The van der Waals surface area contributed by atoms with Crippen molar-refractivity contribution in [3.63, 3.8) is 0 Å². The minimum atomic E-state index is 0.00649. The average Bonchev–Trinajstić information content (AvgIpc) is 3.43. The molecule has 3 N–H and O–H groups in total. The molecule has 9 heteroatoms. The highest BCUT2D eigenvalue weighted by molar-refractivity contribution is 8.02. The fourth-order valence-electron chi connectivity index (χ4n) is 4.18. The minimum absolute atomic E-state index is 0.00649. The van der Waals surface area contributed by atoms with E-state index in [4.69, 9.17) is 11.6 Å². The van der Waals surface area contributed by atoms with E-state index in [9.17, 15) is 9.59 Å². The first kappa shape index (κ1) is 23.0. The summed E-state index contributed by atoms with van der Waals surface area (Å²) in [5.41, 5.74) is 4.60. The summed E-state index contributed by atoms with van der Waals surface area (Å²) in [6.07, 6.45) is 1.84. The van der Waals surface area contributed by atoms with Crippen molar-refractivity contribution in [1.29, 1.82) is 0 Å². The monoisotopic (exact) mass is 475 g/mol. The standard InChI is InChI=1S/C23H30ClN5O2S/c1-15-14-32-23(28(15)2)27-20-13-29(12-19-7-8-21(30)26-19)11-17(20)9-22(31)25-10-16-3-5-18(24)6-4-16/h3-6,14,19,23,27H,7-13H2,1-2H3,(H,25,31)(H,26,30). The van der Waals surface area contributed by atoms with E-state index in [1.807, 2.05) is 24.3 Å². The Hall–Kier alpha value is -2.16. The SMILES string of the molecule is CC1=CSC(NC2=C(CC(=O)NCc3ccc(Cl)cc3)CN(CC3CCC(=O)N3)C2)N1C. The number of nitrogens with one attached hydrogen (secondary N) is 3. The maximum absolute atomic E-state index is 12.7. The highest BCUT2D eigenvalue weighted by Crippen LogP contribution is 2.30. The van der Waals surface area contributed by atoms with Crippen LogP contribution in [0.2, 0.25) is 5.02 Å². The second-order valence-corrected chi connectivity index (χ2v) is 10.0. The van der Waals surface area contributed by atoms with Gasteiger partial charge < -0.3 is 20.9 Å². The second-order valence-electron chi connectivity index (χ2n) is 8.64. The van der Waals surface area contributed by atoms with Crippen LogP contribution in [-0.2, 0) is 16.1 Å². The van der Waals surface area contributed by atoms with Crippen LogP contribution in [0.5, 0.6) is 0 Å². The summed E-state index contributed by atoms with van der Waals surface area (Å²) in [7, 11) is 2.07. The topological polar surface area (TPSA) is 76.7 Å². The first-order valence-electron chi connectivity index (χ1n) is 10.9. The van der Waals surface area contributed by atoms with Gasteiger partial charge in [-0.05, 0) is 42.0 Å². The van der Waals surface area contributed by atoms with Gasteiger partial charge in [-0.3, -0.25) is 14.5 Å². The predicted molar refractivity (Wildman–Crippen MR) is 129 cm³/mol. The van der Waals surface area contributed by atoms with Gasteiger partial charge >= 0.3 is 0 Å². The summed E-state index contributed by atoms with van der Waals surface area (Å²) in [6, 6.07) is 7.69. The molecule has 2 atom stereocenters. The number of nitrogens with zero attached hydrogens (tertiary/aromatic N) is 2. The minimum Gasteiger partial charge on any atom is -0.359 e. The van der Waals surface area contributed by atoms with Crippen molar-refractivity contribution in [3.8, 4) is 0 Å². The predicted octanol–water partition coefficient (Wildman–Crippen LogP) is 2.61. The number of hydrogen-bond acceptors (Lipinski definition) is 6. The van der Waals surface area contributed by atoms with Gasteiger partial charge in [-0.15, -0.1) is 0 Å². The van der Waals surface area contributed by atoms with Crippen molar-refractivity contribution in [2.45, 2.75) is 44.3 Å². The molecule has 0 radical (unpaired) electrons. The Bertz CT molecular complexity index is 933. The third-order valence-electron chi connectivity index (χ3n) is 6.14. The zero-order chi connectivity index (χ0) is 22.7. The molecule has 3 aliphatic heterocycles. The van der Waals surface area contributed by atoms with Crippen LogP contribution in [0.25, 0.3) is 0 Å². The molecule has 1 aromatic carbocycles. The zero-order valence-electron chi connectivity index (χ0n) is 18.5. The van der Waals surface area contributed by atoms with E-state index in [1.54, 1.807) is 11.8 Å². The van der Waals surface area contributed by atoms with Gasteiger partial charge in [-0.1, -0.05) is 35.5 Å². The third kappa shape index (κ3) is 5.79. The highest BCUT2D eigenvalue weighted by atomic mass is 35.5. The lowest BCUT2D eigenvalue weighted by atomic mass is 10.1. The van der Waals surface area contributed by atoms with E-state index >= 15 is 0 Å². The number of rotatable bonds is 8. The molecule has 1 aromatic rings. The maximum atomic E-state index is 12.7. The largest absolute Gasteiger partial charge is 0.359 e. The Morgan fingerprint density at radius 1 is 1.28 bits per heavy atom. The molecule has 0 aromatic heterocycles. The molecule has 4 rings (SSSR count). The maximum Gasteiger partial charge on any atom is 0.224 e. The summed E-state index contributed by atoms with van der Waals surface area (Å²) in [4.78, 5) is 28.8. The normalized spacial score (nSPS) is 23.5. The Labute approximate surface area is 198 Å². The second kappa shape index (κ2) is 10.2. The van der Waals surface area contributed by atoms with Crippen LogP contribution in [0.4, 0.5) is 0 Å². The van der Waals surface area contributed by atoms with Crippen molar-refractivity contribution in [1.82, 2.24) is 25.8 Å². The fraction of sp³-hybridized carbons (Fsp3) is 0.478. The lowest BCUT2D eigenvalue weighted by molar-refractivity contribution is -0.121. The Morgan fingerprint density at radius 2 is 2.06 bits per heavy atom. The number of hydrogen-bond donors (Lipinski definition) is 3. The number of allylic oxidation sites excluding steroid dienone is 1. The number of carbonyl (C=O) groups is 2. The summed E-state index contributed by atoms with van der Waals surface area (Å²) >= 11 is 7.68. The first-order valence-corrected chi connectivity index (χ1v) is 12.2. The molecule has 7 nitrogen and oxygen atoms in total. The summed E-state index contributed by atoms with van der Waals surface area (Å²) in [6.45, 7) is 4.87. The van der Waals surface area contributed by atoms with E-state index in [1.165, 1.54) is 5.70 Å². The van der Waals surface area contributed by atoms with E-state index in [0.29, 0.717) is 24.4 Å². The molecule has 32 heavy (non-hydrogen) atoms. The summed E-state index contributed by atoms with van der Waals surface area (Å²) in [5.74, 6) is 0.139. The molecule has 0 aliphatic carbocycles. The molecule has 0 spiro atoms. The van der Waals surface area contributed by atoms with Gasteiger partial charge in [0.25, 0.3) is 0 Å². The Kier molecular flexibility index (Phi) is 7.33. The van der Waals surface area contributed by atoms with Crippen LogP contribution in [-0.4, -0.2) is 59.8 Å². The average molecular weight is 476 g/mol. The molecule has 0 saturated carbocycles. The van der Waals surface area contributed by atoms with Crippen LogP contribution >= 0.6 is 23.4 Å². The molecule has 2 unspecified atom stereocenters. The number of carbonyl (C=O) groups excluding carboxylic acids is 2. The van der Waals surface area contributed by atoms with E-state index < -0.39 is 0 Å². The van der Waals surface area contributed by atoms with Crippen molar-refractivity contribution < 1.29 is 9.59 Å². The van der Waals surface area contributed by atoms with E-state index in [2.05, 4.69) is 45.1 Å². The van der Waals surface area contributed by atoms with Crippen molar-refractivity contribution >= 4 is 35.2 Å². The lowest BCUT2D eigenvalue weighted by Crippen LogP contribution is -2.40. The van der Waals surface area contributed by atoms with Crippen LogP contribution < -0.4 is 16.0 Å². The van der Waals surface area contributed by atoms with Gasteiger partial charge in [-0.2, -0.15) is 0 Å². The van der Waals surface area contributed by atoms with Gasteiger partial charge in [0.2, 0.25) is 11.8 Å². The van der Waals surface area contributed by atoms with Crippen LogP contribution in [0.15, 0.2) is 46.6 Å². The first-order chi connectivity index (χ1) is 15.4. The Morgan fingerprint density at radius 3 is 2.72 bits per heavy atom. The van der Waals surface area contributed by atoms with Crippen molar-refractivity contribution in [2.75, 3.05) is 26.7 Å². The van der Waals surface area contributed by atoms with Crippen molar-refractivity contribution in [2.24, 2.45) is 0 Å². The molecular weight excluding hydrogens is 446 g/mol. The van der Waals surface area contributed by atoms with Gasteiger partial charge in [0.15, 0.2) is 5.50 Å². The number of thioether (sulfide) groups is 1. The fourth-order valence-corrected chi connectivity index (χ4v) is 5.36. The highest BCUT2D eigenvalue weighted by Gasteiger charge is 2.31. The lowest BCUT2D eigenvalue weighted by Gasteiger charge is -2.26. The zero-order valence-corrected chi connectivity index (χ0v) is 20.1. The summed E-state index contributed by atoms with van der Waals surface area (Å²) in [5, 5.41) is 12.6. The van der Waals surface area contributed by atoms with Gasteiger partial charge in [-0.25, -0.2) is 0 Å². The molecular formula is C23H30ClN5O2S. The molecule has 0 bridgehead atoms. The number of amides is 2. The van der Waals surface area contributed by atoms with Crippen LogP contribution in [0, 0.1) is 0 Å². The molecule has 1 fully saturated rings. The van der Waals surface area contributed by atoms with Crippen LogP contribution in [0.3, 0.4) is 0 Å². The van der Waals surface area contributed by atoms with Gasteiger partial charge in [0.05, 0.1) is 6.42 Å². The van der Waals surface area contributed by atoms with E-state index in [0.717, 1.165) is 42.9 Å². The molecule has 2 amide bonds. The summed E-state index contributed by atoms with van der Waals surface area (Å²) < 4.78 is 0. The van der Waals surface area contributed by atoms with Gasteiger partial charge in [0.1, 0.15) is 0 Å². The van der Waals surface area contributed by atoms with E-state index in [-0.39, 0.29) is 23.4 Å².